The smallest absolute Gasteiger partial charge is 0.338 e. The first-order chi connectivity index (χ1) is 16.0. The Bertz CT molecular complexity index is 1060. The molecule has 0 aliphatic heterocycles. The molecule has 0 spiro atoms. The van der Waals surface area contributed by atoms with E-state index in [1.807, 2.05) is 26.0 Å². The van der Waals surface area contributed by atoms with Crippen LogP contribution in [0.2, 0.25) is 0 Å². The van der Waals surface area contributed by atoms with Crippen LogP contribution in [-0.4, -0.2) is 29.6 Å². The number of unbranched alkanes of at least 4 members (excludes halogenated alkanes) is 1. The van der Waals surface area contributed by atoms with Gasteiger partial charge in [-0.1, -0.05) is 13.3 Å². The van der Waals surface area contributed by atoms with Crippen LogP contribution in [0.4, 0.5) is 11.4 Å². The van der Waals surface area contributed by atoms with Crippen LogP contribution in [0, 0.1) is 0 Å². The predicted octanol–water partition coefficient (Wildman–Crippen LogP) is 5.61. The molecule has 0 fully saturated rings. The third-order valence-corrected chi connectivity index (χ3v) is 5.77. The van der Waals surface area contributed by atoms with Crippen molar-refractivity contribution in [3.8, 4) is 0 Å². The third kappa shape index (κ3) is 7.25. The summed E-state index contributed by atoms with van der Waals surface area (Å²) in [6.45, 7) is 4.25. The van der Waals surface area contributed by atoms with Gasteiger partial charge in [0.2, 0.25) is 5.91 Å². The predicted molar refractivity (Wildman–Crippen MR) is 129 cm³/mol. The first-order valence-corrected chi connectivity index (χ1v) is 11.5. The Morgan fingerprint density at radius 1 is 0.970 bits per heavy atom. The number of benzene rings is 2. The van der Waals surface area contributed by atoms with Gasteiger partial charge in [-0.3, -0.25) is 9.59 Å². The first-order valence-electron chi connectivity index (χ1n) is 10.7. The van der Waals surface area contributed by atoms with Crippen molar-refractivity contribution < 1.29 is 23.5 Å². The van der Waals surface area contributed by atoms with E-state index in [9.17, 15) is 14.4 Å². The van der Waals surface area contributed by atoms with Crippen molar-refractivity contribution in [3.05, 3.63) is 78.3 Å². The van der Waals surface area contributed by atoms with Gasteiger partial charge in [-0.05, 0) is 74.0 Å². The number of carbonyl (C=O) groups is 3. The molecule has 0 aliphatic rings. The zero-order chi connectivity index (χ0) is 23.6. The number of hydrogen-bond acceptors (Lipinski definition) is 6. The molecule has 3 rings (SSSR count). The van der Waals surface area contributed by atoms with Crippen LogP contribution >= 0.6 is 11.8 Å². The number of ether oxygens (including phenoxy) is 1. The molecule has 2 amide bonds. The van der Waals surface area contributed by atoms with E-state index in [0.717, 1.165) is 17.7 Å². The van der Waals surface area contributed by atoms with Gasteiger partial charge in [-0.2, -0.15) is 0 Å². The standard InChI is InChI=1S/C25H26N2O5S/c1-3-4-15-32-25(30)18-7-9-19(10-8-18)26-23(28)17(2)33-21-13-11-20(12-14-21)27-24(29)22-6-5-16-31-22/h5-14,16-17H,3-4,15H2,1-2H3,(H,26,28)(H,27,29). The van der Waals surface area contributed by atoms with Gasteiger partial charge in [-0.15, -0.1) is 11.8 Å². The Hall–Kier alpha value is -3.52. The Morgan fingerprint density at radius 2 is 1.64 bits per heavy atom. The number of hydrogen-bond donors (Lipinski definition) is 2. The van der Waals surface area contributed by atoms with E-state index in [1.165, 1.54) is 18.0 Å². The normalized spacial score (nSPS) is 11.5. The number of thioether (sulfide) groups is 1. The van der Waals surface area contributed by atoms with Gasteiger partial charge in [-0.25, -0.2) is 4.79 Å². The Morgan fingerprint density at radius 3 is 2.27 bits per heavy atom. The number of furan rings is 1. The average Bonchev–Trinajstić information content (AvgIpc) is 3.36. The van der Waals surface area contributed by atoms with E-state index >= 15 is 0 Å². The lowest BCUT2D eigenvalue weighted by atomic mass is 10.2. The molecule has 7 nitrogen and oxygen atoms in total. The summed E-state index contributed by atoms with van der Waals surface area (Å²) >= 11 is 1.40. The van der Waals surface area contributed by atoms with E-state index in [1.54, 1.807) is 48.5 Å². The lowest BCUT2D eigenvalue weighted by molar-refractivity contribution is -0.115. The Balaban J connectivity index is 1.49. The molecular formula is C25H26N2O5S. The summed E-state index contributed by atoms with van der Waals surface area (Å²) < 4.78 is 10.3. The van der Waals surface area contributed by atoms with Gasteiger partial charge in [0.25, 0.3) is 5.91 Å². The zero-order valence-corrected chi connectivity index (χ0v) is 19.3. The SMILES string of the molecule is CCCCOC(=O)c1ccc(NC(=O)C(C)Sc2ccc(NC(=O)c3ccco3)cc2)cc1. The van der Waals surface area contributed by atoms with E-state index in [0.29, 0.717) is 23.5 Å². The molecule has 0 radical (unpaired) electrons. The molecule has 3 aromatic rings. The monoisotopic (exact) mass is 466 g/mol. The van der Waals surface area contributed by atoms with Gasteiger partial charge < -0.3 is 19.8 Å². The lowest BCUT2D eigenvalue weighted by Gasteiger charge is -2.13. The van der Waals surface area contributed by atoms with Crippen LogP contribution in [0.1, 0.15) is 47.6 Å². The number of amides is 2. The molecule has 0 bridgehead atoms. The second-order valence-electron chi connectivity index (χ2n) is 7.27. The molecule has 1 unspecified atom stereocenters. The number of rotatable bonds is 10. The van der Waals surface area contributed by atoms with Crippen molar-refractivity contribution in [3.63, 3.8) is 0 Å². The highest BCUT2D eigenvalue weighted by Gasteiger charge is 2.16. The topological polar surface area (TPSA) is 97.6 Å². The van der Waals surface area contributed by atoms with Crippen LogP contribution in [0.25, 0.3) is 0 Å². The van der Waals surface area contributed by atoms with E-state index < -0.39 is 0 Å². The quantitative estimate of drug-likeness (QED) is 0.229. The van der Waals surface area contributed by atoms with Crippen molar-refractivity contribution in [1.29, 1.82) is 0 Å². The Labute approximate surface area is 196 Å². The van der Waals surface area contributed by atoms with Crippen LogP contribution in [0.5, 0.6) is 0 Å². The molecule has 0 aliphatic carbocycles. The van der Waals surface area contributed by atoms with Crippen molar-refractivity contribution >= 4 is 40.9 Å². The molecule has 0 saturated carbocycles. The molecular weight excluding hydrogens is 440 g/mol. The van der Waals surface area contributed by atoms with Gasteiger partial charge in [0.05, 0.1) is 23.7 Å². The lowest BCUT2D eigenvalue weighted by Crippen LogP contribution is -2.22. The fraction of sp³-hybridized carbons (Fsp3) is 0.240. The highest BCUT2D eigenvalue weighted by molar-refractivity contribution is 8.00. The van der Waals surface area contributed by atoms with Crippen molar-refractivity contribution in [1.82, 2.24) is 0 Å². The number of esters is 1. The zero-order valence-electron chi connectivity index (χ0n) is 18.5. The maximum absolute atomic E-state index is 12.6. The van der Waals surface area contributed by atoms with Crippen LogP contribution in [0.3, 0.4) is 0 Å². The van der Waals surface area contributed by atoms with Gasteiger partial charge in [0.1, 0.15) is 0 Å². The summed E-state index contributed by atoms with van der Waals surface area (Å²) in [5, 5.41) is 5.25. The molecule has 1 aromatic heterocycles. The minimum absolute atomic E-state index is 0.159. The minimum Gasteiger partial charge on any atom is -0.462 e. The number of nitrogens with one attached hydrogen (secondary N) is 2. The van der Waals surface area contributed by atoms with Crippen molar-refractivity contribution in [2.75, 3.05) is 17.2 Å². The highest BCUT2D eigenvalue weighted by Crippen LogP contribution is 2.26. The van der Waals surface area contributed by atoms with E-state index in [2.05, 4.69) is 10.6 Å². The van der Waals surface area contributed by atoms with Crippen molar-refractivity contribution in [2.24, 2.45) is 0 Å². The number of carbonyl (C=O) groups excluding carboxylic acids is 3. The van der Waals surface area contributed by atoms with E-state index in [4.69, 9.17) is 9.15 Å². The summed E-state index contributed by atoms with van der Waals surface area (Å²) in [4.78, 5) is 37.4. The maximum Gasteiger partial charge on any atom is 0.338 e. The molecule has 172 valence electrons. The summed E-state index contributed by atoms with van der Waals surface area (Å²) in [5.41, 5.74) is 1.69. The summed E-state index contributed by atoms with van der Waals surface area (Å²) in [5.74, 6) is -0.615. The van der Waals surface area contributed by atoms with Gasteiger partial charge >= 0.3 is 5.97 Å². The summed E-state index contributed by atoms with van der Waals surface area (Å²) in [7, 11) is 0. The molecule has 2 N–H and O–H groups in total. The molecule has 2 aromatic carbocycles. The Kier molecular flexibility index (Phi) is 8.71. The second-order valence-corrected chi connectivity index (χ2v) is 8.69. The highest BCUT2D eigenvalue weighted by atomic mass is 32.2. The first kappa shape index (κ1) is 24.1. The largest absolute Gasteiger partial charge is 0.462 e. The molecule has 33 heavy (non-hydrogen) atoms. The molecule has 1 heterocycles. The summed E-state index contributed by atoms with van der Waals surface area (Å²) in [6.07, 6.45) is 3.23. The third-order valence-electron chi connectivity index (χ3n) is 4.66. The number of anilines is 2. The molecule has 1 atom stereocenters. The average molecular weight is 467 g/mol. The molecule has 0 saturated heterocycles. The fourth-order valence-corrected chi connectivity index (χ4v) is 3.67. The molecule has 8 heteroatoms. The van der Waals surface area contributed by atoms with Gasteiger partial charge in [0.15, 0.2) is 5.76 Å². The van der Waals surface area contributed by atoms with Crippen LogP contribution < -0.4 is 10.6 Å². The van der Waals surface area contributed by atoms with Crippen molar-refractivity contribution in [2.45, 2.75) is 36.8 Å². The van der Waals surface area contributed by atoms with E-state index in [-0.39, 0.29) is 28.8 Å². The maximum atomic E-state index is 12.6. The van der Waals surface area contributed by atoms with Crippen LogP contribution in [-0.2, 0) is 9.53 Å². The summed E-state index contributed by atoms with van der Waals surface area (Å²) in [6, 6.07) is 17.1. The second kappa shape index (κ2) is 11.9. The minimum atomic E-state index is -0.367. The van der Waals surface area contributed by atoms with Crippen LogP contribution in [0.15, 0.2) is 76.2 Å². The fourth-order valence-electron chi connectivity index (χ4n) is 2.80. The van der Waals surface area contributed by atoms with Gasteiger partial charge in [0, 0.05) is 16.3 Å².